The first kappa shape index (κ1) is 25.1. The summed E-state index contributed by atoms with van der Waals surface area (Å²) in [6, 6.07) is 9.61. The van der Waals surface area contributed by atoms with E-state index in [-0.39, 0.29) is 36.5 Å². The number of aryl methyl sites for hydroxylation is 1. The highest BCUT2D eigenvalue weighted by Gasteiger charge is 2.10. The minimum absolute atomic E-state index is 0. The molecule has 1 aromatic carbocycles. The maximum atomic E-state index is 11.7. The van der Waals surface area contributed by atoms with Crippen LogP contribution in [0.3, 0.4) is 0 Å². The fourth-order valence-corrected chi connectivity index (χ4v) is 2.90. The molecule has 0 unspecified atom stereocenters. The first-order chi connectivity index (χ1) is 13.3. The Labute approximate surface area is 194 Å². The zero-order valence-electron chi connectivity index (χ0n) is 17.5. The van der Waals surface area contributed by atoms with Crippen molar-refractivity contribution in [2.75, 3.05) is 34.8 Å². The smallest absolute Gasteiger partial charge is 0.259 e. The van der Waals surface area contributed by atoms with E-state index in [9.17, 15) is 4.79 Å². The summed E-state index contributed by atoms with van der Waals surface area (Å²) in [5.41, 5.74) is 2.13. The van der Waals surface area contributed by atoms with Crippen LogP contribution >= 0.6 is 35.6 Å². The number of hydrogen-bond donors (Lipinski definition) is 1. The first-order valence-electron chi connectivity index (χ1n) is 8.94. The van der Waals surface area contributed by atoms with Crippen LogP contribution in [0.4, 0.5) is 0 Å². The van der Waals surface area contributed by atoms with E-state index in [1.54, 1.807) is 21.1 Å². The lowest BCUT2D eigenvalue weighted by Crippen LogP contribution is -2.38. The third kappa shape index (κ3) is 7.77. The van der Waals surface area contributed by atoms with Crippen molar-refractivity contribution in [3.8, 4) is 5.75 Å². The number of hydrogen-bond acceptors (Lipinski definition) is 3. The van der Waals surface area contributed by atoms with Gasteiger partial charge in [0.1, 0.15) is 5.75 Å². The zero-order chi connectivity index (χ0) is 20.7. The molecular weight excluding hydrogens is 505 g/mol. The molecule has 0 spiro atoms. The molecule has 2 rings (SSSR count). The number of halogens is 2. The van der Waals surface area contributed by atoms with Gasteiger partial charge in [-0.1, -0.05) is 23.7 Å². The maximum Gasteiger partial charge on any atom is 0.259 e. The van der Waals surface area contributed by atoms with Gasteiger partial charge in [0.05, 0.1) is 11.6 Å². The van der Waals surface area contributed by atoms with Crippen molar-refractivity contribution in [1.29, 1.82) is 0 Å². The second kappa shape index (κ2) is 11.9. The van der Waals surface area contributed by atoms with Gasteiger partial charge in [0.2, 0.25) is 0 Å². The topological polar surface area (TPSA) is 62.1 Å². The SMILES string of the molecule is CN=C(NCc1cccc(OCC(=O)N(C)C)c1)N(C)Cc1cc(Cl)cn1C.I. The minimum Gasteiger partial charge on any atom is -0.484 e. The predicted molar refractivity (Wildman–Crippen MR) is 128 cm³/mol. The van der Waals surface area contributed by atoms with Crippen molar-refractivity contribution >= 4 is 47.4 Å². The Morgan fingerprint density at radius 2 is 2.00 bits per heavy atom. The summed E-state index contributed by atoms with van der Waals surface area (Å²) in [6.45, 7) is 1.29. The van der Waals surface area contributed by atoms with E-state index in [1.807, 2.05) is 60.1 Å². The van der Waals surface area contributed by atoms with E-state index in [1.165, 1.54) is 4.90 Å². The van der Waals surface area contributed by atoms with Gasteiger partial charge >= 0.3 is 0 Å². The third-order valence-corrected chi connectivity index (χ3v) is 4.46. The minimum atomic E-state index is -0.0775. The van der Waals surface area contributed by atoms with Crippen LogP contribution < -0.4 is 10.1 Å². The number of aliphatic imine (C=N–C) groups is 1. The lowest BCUT2D eigenvalue weighted by atomic mass is 10.2. The summed E-state index contributed by atoms with van der Waals surface area (Å²) >= 11 is 6.06. The number of nitrogens with zero attached hydrogens (tertiary/aromatic N) is 4. The van der Waals surface area contributed by atoms with Gasteiger partial charge in [-0.05, 0) is 23.8 Å². The van der Waals surface area contributed by atoms with Gasteiger partial charge in [-0.25, -0.2) is 0 Å². The largest absolute Gasteiger partial charge is 0.484 e. The molecule has 0 radical (unpaired) electrons. The summed E-state index contributed by atoms with van der Waals surface area (Å²) in [6.07, 6.45) is 1.88. The van der Waals surface area contributed by atoms with E-state index >= 15 is 0 Å². The molecule has 0 saturated heterocycles. The molecule has 0 aliphatic rings. The van der Waals surface area contributed by atoms with Gasteiger partial charge in [0.25, 0.3) is 5.91 Å². The molecule has 0 aliphatic carbocycles. The molecule has 0 atom stereocenters. The molecule has 0 saturated carbocycles. The summed E-state index contributed by atoms with van der Waals surface area (Å²) in [4.78, 5) is 19.5. The fraction of sp³-hybridized carbons (Fsp3) is 0.400. The highest BCUT2D eigenvalue weighted by atomic mass is 127. The van der Waals surface area contributed by atoms with Crippen molar-refractivity contribution in [2.45, 2.75) is 13.1 Å². The number of likely N-dealkylation sites (N-methyl/N-ethyl adjacent to an activating group) is 1. The van der Waals surface area contributed by atoms with E-state index in [4.69, 9.17) is 16.3 Å². The van der Waals surface area contributed by atoms with Gasteiger partial charge in [-0.3, -0.25) is 9.79 Å². The molecular formula is C20H29ClIN5O2. The Hall–Kier alpha value is -1.94. The predicted octanol–water partition coefficient (Wildman–Crippen LogP) is 2.97. The van der Waals surface area contributed by atoms with Crippen molar-refractivity contribution in [2.24, 2.45) is 12.0 Å². The van der Waals surface area contributed by atoms with Crippen LogP contribution in [0.15, 0.2) is 41.5 Å². The van der Waals surface area contributed by atoms with Crippen LogP contribution in [0, 0.1) is 0 Å². The molecule has 1 heterocycles. The Balaban J connectivity index is 0.00000420. The summed E-state index contributed by atoms with van der Waals surface area (Å²) < 4.78 is 7.57. The number of aromatic nitrogens is 1. The molecule has 1 amide bonds. The summed E-state index contributed by atoms with van der Waals surface area (Å²) in [5.74, 6) is 1.36. The van der Waals surface area contributed by atoms with Gasteiger partial charge < -0.3 is 24.4 Å². The lowest BCUT2D eigenvalue weighted by Gasteiger charge is -2.22. The number of guanidine groups is 1. The normalized spacial score (nSPS) is 10.9. The number of carbonyl (C=O) groups excluding carboxylic acids is 1. The Morgan fingerprint density at radius 3 is 2.59 bits per heavy atom. The number of nitrogens with one attached hydrogen (secondary N) is 1. The van der Waals surface area contributed by atoms with Crippen molar-refractivity contribution in [3.63, 3.8) is 0 Å². The van der Waals surface area contributed by atoms with Gasteiger partial charge in [-0.15, -0.1) is 24.0 Å². The molecule has 9 heteroatoms. The molecule has 0 bridgehead atoms. The number of rotatable bonds is 7. The molecule has 2 aromatic rings. The summed E-state index contributed by atoms with van der Waals surface area (Å²) in [5, 5.41) is 4.07. The van der Waals surface area contributed by atoms with Crippen LogP contribution in [-0.2, 0) is 24.9 Å². The Kier molecular flexibility index (Phi) is 10.3. The molecule has 29 heavy (non-hydrogen) atoms. The van der Waals surface area contributed by atoms with Crippen molar-refractivity contribution < 1.29 is 9.53 Å². The van der Waals surface area contributed by atoms with E-state index in [2.05, 4.69) is 10.3 Å². The number of benzene rings is 1. The monoisotopic (exact) mass is 533 g/mol. The third-order valence-electron chi connectivity index (χ3n) is 4.26. The number of carbonyl (C=O) groups is 1. The standard InChI is InChI=1S/C20H28ClN5O2.HI/c1-22-20(26(5)13-17-10-16(21)12-25(17)4)23-11-15-7-6-8-18(9-15)28-14-19(27)24(2)3;/h6-10,12H,11,13-14H2,1-5H3,(H,22,23);1H. The number of ether oxygens (including phenoxy) is 1. The van der Waals surface area contributed by atoms with Crippen molar-refractivity contribution in [1.82, 2.24) is 19.7 Å². The average molecular weight is 534 g/mol. The Bertz CT molecular complexity index is 838. The highest BCUT2D eigenvalue weighted by Crippen LogP contribution is 2.15. The second-order valence-electron chi connectivity index (χ2n) is 6.74. The zero-order valence-corrected chi connectivity index (χ0v) is 20.6. The van der Waals surface area contributed by atoms with E-state index < -0.39 is 0 Å². The Morgan fingerprint density at radius 1 is 1.28 bits per heavy atom. The quantitative estimate of drug-likeness (QED) is 0.338. The molecule has 160 valence electrons. The highest BCUT2D eigenvalue weighted by molar-refractivity contribution is 14.0. The number of amides is 1. The van der Waals surface area contributed by atoms with Crippen LogP contribution in [-0.4, -0.2) is 61.0 Å². The van der Waals surface area contributed by atoms with E-state index in [0.29, 0.717) is 18.8 Å². The summed E-state index contributed by atoms with van der Waals surface area (Å²) in [7, 11) is 9.11. The second-order valence-corrected chi connectivity index (χ2v) is 7.18. The van der Waals surface area contributed by atoms with Gasteiger partial charge in [0, 0.05) is 53.7 Å². The van der Waals surface area contributed by atoms with Gasteiger partial charge in [-0.2, -0.15) is 0 Å². The maximum absolute atomic E-state index is 11.7. The van der Waals surface area contributed by atoms with Crippen molar-refractivity contribution in [3.05, 3.63) is 52.8 Å². The van der Waals surface area contributed by atoms with Crippen LogP contribution in [0.1, 0.15) is 11.3 Å². The fourth-order valence-electron chi connectivity index (χ4n) is 2.63. The van der Waals surface area contributed by atoms with E-state index in [0.717, 1.165) is 22.2 Å². The van der Waals surface area contributed by atoms with Crippen LogP contribution in [0.5, 0.6) is 5.75 Å². The first-order valence-corrected chi connectivity index (χ1v) is 9.32. The average Bonchev–Trinajstić information content (AvgIpc) is 2.97. The van der Waals surface area contributed by atoms with Crippen LogP contribution in [0.2, 0.25) is 5.02 Å². The molecule has 1 aromatic heterocycles. The van der Waals surface area contributed by atoms with Gasteiger partial charge in [0.15, 0.2) is 12.6 Å². The lowest BCUT2D eigenvalue weighted by molar-refractivity contribution is -0.130. The molecule has 0 aliphatic heterocycles. The van der Waals surface area contributed by atoms with Crippen LogP contribution in [0.25, 0.3) is 0 Å². The molecule has 1 N–H and O–H groups in total. The molecule has 0 fully saturated rings. The molecule has 7 nitrogen and oxygen atoms in total.